The number of carbonyl (C=O) groups excluding carboxylic acids is 1. The molecule has 1 saturated carbocycles. The molecule has 0 unspecified atom stereocenters. The van der Waals surface area contributed by atoms with Crippen molar-refractivity contribution in [3.63, 3.8) is 0 Å². The van der Waals surface area contributed by atoms with Crippen LogP contribution >= 0.6 is 0 Å². The van der Waals surface area contributed by atoms with Crippen molar-refractivity contribution in [1.82, 2.24) is 0 Å². The number of rotatable bonds is 2. The highest BCUT2D eigenvalue weighted by Crippen LogP contribution is 2.29. The number of carbonyl (C=O) groups is 1. The van der Waals surface area contributed by atoms with Crippen molar-refractivity contribution < 1.29 is 25.1 Å². The van der Waals surface area contributed by atoms with Gasteiger partial charge in [0.05, 0.1) is 0 Å². The topological polar surface area (TPSA) is 76.0 Å². The molecule has 1 fully saturated rings. The van der Waals surface area contributed by atoms with Crippen LogP contribution in [0.1, 0.15) is 25.7 Å². The Morgan fingerprint density at radius 1 is 1.18 bits per heavy atom. The largest absolute Gasteiger partial charge is 0.300 e. The summed E-state index contributed by atoms with van der Waals surface area (Å²) in [5.74, 6) is -1.27. The van der Waals surface area contributed by atoms with E-state index in [1.54, 1.807) is 0 Å². The third-order valence-electron chi connectivity index (χ3n) is 1.90. The van der Waals surface area contributed by atoms with Gasteiger partial charge in [-0.05, 0) is 0 Å². The normalized spacial score (nSPS) is 23.6. The zero-order valence-electron chi connectivity index (χ0n) is 5.95. The molecule has 0 spiro atoms. The van der Waals surface area contributed by atoms with E-state index in [-0.39, 0.29) is 31.5 Å². The Bertz CT molecular complexity index is 139. The molecular formula is C6H10O5. The van der Waals surface area contributed by atoms with Crippen molar-refractivity contribution in [3.8, 4) is 0 Å². The molecule has 64 valence electrons. The Labute approximate surface area is 63.4 Å². The first-order chi connectivity index (χ1) is 5.22. The summed E-state index contributed by atoms with van der Waals surface area (Å²) in [6.07, 6.45) is 0.917. The average Bonchev–Trinajstić information content (AvgIpc) is 2.07. The van der Waals surface area contributed by atoms with Crippen molar-refractivity contribution in [1.29, 1.82) is 0 Å². The summed E-state index contributed by atoms with van der Waals surface area (Å²) in [6, 6.07) is 0. The monoisotopic (exact) mass is 162 g/mol. The lowest BCUT2D eigenvalue weighted by Crippen LogP contribution is -2.38. The number of Topliss-reactive ketones (excluding diaryl/α,β-unsaturated/α-hetero) is 1. The quantitative estimate of drug-likeness (QED) is 0.357. The van der Waals surface area contributed by atoms with E-state index >= 15 is 0 Å². The van der Waals surface area contributed by atoms with Crippen LogP contribution in [0.3, 0.4) is 0 Å². The van der Waals surface area contributed by atoms with Crippen LogP contribution < -0.4 is 0 Å². The first kappa shape index (κ1) is 8.61. The van der Waals surface area contributed by atoms with Crippen LogP contribution in [0.4, 0.5) is 0 Å². The molecule has 1 rings (SSSR count). The van der Waals surface area contributed by atoms with Gasteiger partial charge in [-0.15, -0.1) is 0 Å². The fourth-order valence-electron chi connectivity index (χ4n) is 1.11. The van der Waals surface area contributed by atoms with E-state index in [4.69, 9.17) is 10.5 Å². The molecule has 0 aromatic rings. The van der Waals surface area contributed by atoms with Gasteiger partial charge < -0.3 is 0 Å². The smallest absolute Gasteiger partial charge is 0.234 e. The molecule has 5 heteroatoms. The number of ketones is 1. The summed E-state index contributed by atoms with van der Waals surface area (Å²) in [5, 5.41) is 16.7. The van der Waals surface area contributed by atoms with Crippen molar-refractivity contribution in [2.45, 2.75) is 31.5 Å². The van der Waals surface area contributed by atoms with Crippen LogP contribution in [-0.4, -0.2) is 22.1 Å². The molecule has 11 heavy (non-hydrogen) atoms. The predicted molar refractivity (Wildman–Crippen MR) is 33.6 cm³/mol. The summed E-state index contributed by atoms with van der Waals surface area (Å²) < 4.78 is 0. The first-order valence-electron chi connectivity index (χ1n) is 3.39. The standard InChI is InChI=1S/C6H10O5/c7-5-1-3-6(10-8,11-9)4-2-5/h8-9H,1-4H2. The summed E-state index contributed by atoms with van der Waals surface area (Å²) in [5.41, 5.74) is 0. The molecule has 0 bridgehead atoms. The number of hydrogen-bond donors (Lipinski definition) is 2. The lowest BCUT2D eigenvalue weighted by atomic mass is 9.93. The van der Waals surface area contributed by atoms with Gasteiger partial charge in [-0.3, -0.25) is 4.79 Å². The van der Waals surface area contributed by atoms with E-state index in [9.17, 15) is 4.79 Å². The van der Waals surface area contributed by atoms with E-state index in [0.29, 0.717) is 0 Å². The molecule has 0 saturated heterocycles. The summed E-state index contributed by atoms with van der Waals surface area (Å²) in [6.45, 7) is 0. The van der Waals surface area contributed by atoms with Crippen molar-refractivity contribution in [2.75, 3.05) is 0 Å². The fourth-order valence-corrected chi connectivity index (χ4v) is 1.11. The molecule has 0 aromatic heterocycles. The van der Waals surface area contributed by atoms with Gasteiger partial charge in [-0.2, -0.15) is 0 Å². The van der Waals surface area contributed by atoms with Crippen LogP contribution in [0.15, 0.2) is 0 Å². The Kier molecular flexibility index (Phi) is 2.56. The maximum atomic E-state index is 10.7. The van der Waals surface area contributed by atoms with Gasteiger partial charge in [0, 0.05) is 25.7 Å². The lowest BCUT2D eigenvalue weighted by molar-refractivity contribution is -0.490. The minimum atomic E-state index is -1.37. The Hall–Kier alpha value is -0.490. The highest BCUT2D eigenvalue weighted by Gasteiger charge is 2.38. The van der Waals surface area contributed by atoms with Gasteiger partial charge in [0.15, 0.2) is 0 Å². The second-order valence-electron chi connectivity index (χ2n) is 2.63. The molecule has 5 nitrogen and oxygen atoms in total. The van der Waals surface area contributed by atoms with E-state index in [2.05, 4.69) is 9.78 Å². The summed E-state index contributed by atoms with van der Waals surface area (Å²) >= 11 is 0. The predicted octanol–water partition coefficient (Wildman–Crippen LogP) is 0.805. The van der Waals surface area contributed by atoms with Crippen LogP contribution in [0.2, 0.25) is 0 Å². The third kappa shape index (κ3) is 1.75. The fraction of sp³-hybridized carbons (Fsp3) is 0.833. The summed E-state index contributed by atoms with van der Waals surface area (Å²) in [4.78, 5) is 18.6. The summed E-state index contributed by atoms with van der Waals surface area (Å²) in [7, 11) is 0. The Morgan fingerprint density at radius 2 is 1.64 bits per heavy atom. The molecule has 0 heterocycles. The molecule has 2 N–H and O–H groups in total. The minimum Gasteiger partial charge on any atom is -0.300 e. The number of hydrogen-bond acceptors (Lipinski definition) is 5. The zero-order chi connectivity index (χ0) is 8.32. The second-order valence-corrected chi connectivity index (χ2v) is 2.63. The first-order valence-corrected chi connectivity index (χ1v) is 3.39. The molecule has 0 aliphatic heterocycles. The van der Waals surface area contributed by atoms with Gasteiger partial charge in [0.1, 0.15) is 5.78 Å². The van der Waals surface area contributed by atoms with Crippen LogP contribution in [0, 0.1) is 0 Å². The highest BCUT2D eigenvalue weighted by molar-refractivity contribution is 5.79. The van der Waals surface area contributed by atoms with Gasteiger partial charge in [-0.1, -0.05) is 0 Å². The molecule has 0 amide bonds. The van der Waals surface area contributed by atoms with Crippen LogP contribution in [0.5, 0.6) is 0 Å². The maximum Gasteiger partial charge on any atom is 0.234 e. The lowest BCUT2D eigenvalue weighted by Gasteiger charge is -2.29. The molecule has 0 atom stereocenters. The molecule has 1 aliphatic carbocycles. The second kappa shape index (κ2) is 3.27. The van der Waals surface area contributed by atoms with Crippen molar-refractivity contribution in [2.24, 2.45) is 0 Å². The molecular weight excluding hydrogens is 152 g/mol. The average molecular weight is 162 g/mol. The highest BCUT2D eigenvalue weighted by atomic mass is 17.2. The maximum absolute atomic E-state index is 10.7. The van der Waals surface area contributed by atoms with Gasteiger partial charge in [0.2, 0.25) is 5.79 Å². The molecule has 0 radical (unpaired) electrons. The van der Waals surface area contributed by atoms with E-state index in [1.165, 1.54) is 0 Å². The van der Waals surface area contributed by atoms with E-state index < -0.39 is 5.79 Å². The van der Waals surface area contributed by atoms with Gasteiger partial charge in [-0.25, -0.2) is 20.3 Å². The molecule has 0 aromatic carbocycles. The SMILES string of the molecule is O=C1CCC(OO)(OO)CC1. The zero-order valence-corrected chi connectivity index (χ0v) is 5.95. The van der Waals surface area contributed by atoms with E-state index in [0.717, 1.165) is 0 Å². The van der Waals surface area contributed by atoms with Crippen LogP contribution in [0.25, 0.3) is 0 Å². The Balaban J connectivity index is 2.52. The van der Waals surface area contributed by atoms with Gasteiger partial charge in [0.25, 0.3) is 0 Å². The van der Waals surface area contributed by atoms with Crippen molar-refractivity contribution in [3.05, 3.63) is 0 Å². The van der Waals surface area contributed by atoms with E-state index in [1.807, 2.05) is 0 Å². The van der Waals surface area contributed by atoms with Crippen LogP contribution in [-0.2, 0) is 14.6 Å². The minimum absolute atomic E-state index is 0.0923. The Morgan fingerprint density at radius 3 is 2.00 bits per heavy atom. The van der Waals surface area contributed by atoms with Crippen molar-refractivity contribution >= 4 is 5.78 Å². The molecule has 1 aliphatic rings. The van der Waals surface area contributed by atoms with Gasteiger partial charge >= 0.3 is 0 Å². The third-order valence-corrected chi connectivity index (χ3v) is 1.90.